The third kappa shape index (κ3) is 9.77. The minimum absolute atomic E-state index is 0.0406. The molecular formula is C53H66F3N9O7. The van der Waals surface area contributed by atoms with Crippen molar-refractivity contribution in [1.29, 1.82) is 0 Å². The maximum atomic E-state index is 15.0. The summed E-state index contributed by atoms with van der Waals surface area (Å²) in [5.74, 6) is -0.433. The number of amides is 3. The molecule has 3 amide bonds. The maximum absolute atomic E-state index is 15.0. The first-order valence-corrected chi connectivity index (χ1v) is 26.0. The van der Waals surface area contributed by atoms with Crippen LogP contribution in [0.5, 0.6) is 0 Å². The number of aromatic nitrogens is 3. The first-order chi connectivity index (χ1) is 34.4. The van der Waals surface area contributed by atoms with Gasteiger partial charge < -0.3 is 28.7 Å². The molecule has 0 unspecified atom stereocenters. The van der Waals surface area contributed by atoms with Gasteiger partial charge in [0.1, 0.15) is 36.5 Å². The third-order valence-corrected chi connectivity index (χ3v) is 16.0. The van der Waals surface area contributed by atoms with Crippen molar-refractivity contribution < 1.29 is 46.2 Å². The van der Waals surface area contributed by atoms with Crippen molar-refractivity contribution in [3.05, 3.63) is 59.7 Å². The normalized spacial score (nSPS) is 26.4. The summed E-state index contributed by atoms with van der Waals surface area (Å²) in [4.78, 5) is 70.8. The number of cyclic esters (lactones) is 1. The predicted octanol–water partition coefficient (Wildman–Crippen LogP) is 5.91. The molecule has 7 aliphatic rings. The highest BCUT2D eigenvalue weighted by Gasteiger charge is 2.57. The van der Waals surface area contributed by atoms with E-state index in [4.69, 9.17) is 18.9 Å². The lowest BCUT2D eigenvalue weighted by Crippen LogP contribution is -2.73. The van der Waals surface area contributed by atoms with Crippen LogP contribution < -0.4 is 16.1 Å². The van der Waals surface area contributed by atoms with Gasteiger partial charge in [-0.2, -0.15) is 13.2 Å². The van der Waals surface area contributed by atoms with Gasteiger partial charge in [0, 0.05) is 65.7 Å². The van der Waals surface area contributed by atoms with Crippen molar-refractivity contribution in [3.63, 3.8) is 0 Å². The van der Waals surface area contributed by atoms with Crippen LogP contribution in [0.4, 0.5) is 13.2 Å². The number of pyridine rings is 1. The van der Waals surface area contributed by atoms with Crippen LogP contribution in [0.2, 0.25) is 0 Å². The second kappa shape index (κ2) is 18.8. The number of hydrogen-bond acceptors (Lipinski definition) is 12. The van der Waals surface area contributed by atoms with Crippen LogP contribution in [0.1, 0.15) is 102 Å². The van der Waals surface area contributed by atoms with E-state index in [1.165, 1.54) is 28.7 Å². The molecule has 11 rings (SSSR count). The van der Waals surface area contributed by atoms with Gasteiger partial charge in [0.05, 0.1) is 49.4 Å². The highest BCUT2D eigenvalue weighted by molar-refractivity contribution is 5.95. The number of benzene rings is 1. The Labute approximate surface area is 417 Å². The van der Waals surface area contributed by atoms with E-state index in [1.807, 2.05) is 38.7 Å². The predicted molar refractivity (Wildman–Crippen MR) is 259 cm³/mol. The number of ether oxygens (including phenoxy) is 2. The second-order valence-electron chi connectivity index (χ2n) is 22.7. The van der Waals surface area contributed by atoms with E-state index in [1.54, 1.807) is 30.5 Å². The molecule has 16 nitrogen and oxygen atoms in total. The smallest absolute Gasteiger partial charge is 0.406 e. The molecule has 1 aromatic carbocycles. The summed E-state index contributed by atoms with van der Waals surface area (Å²) < 4.78 is 63.9. The number of esters is 1. The lowest BCUT2D eigenvalue weighted by atomic mass is 9.84. The Kier molecular flexibility index (Phi) is 12.8. The Balaban J connectivity index is 0.923. The maximum Gasteiger partial charge on any atom is 0.406 e. The highest BCUT2D eigenvalue weighted by atomic mass is 19.4. The van der Waals surface area contributed by atoms with E-state index < -0.39 is 53.7 Å². The van der Waals surface area contributed by atoms with Gasteiger partial charge in [-0.05, 0) is 98.6 Å². The first-order valence-electron chi connectivity index (χ1n) is 26.0. The number of halogens is 3. The van der Waals surface area contributed by atoms with Crippen molar-refractivity contribution in [2.24, 2.45) is 17.3 Å². The fourth-order valence-corrected chi connectivity index (χ4v) is 12.4. The average Bonchev–Trinajstić information content (AvgIpc) is 4.21. The van der Waals surface area contributed by atoms with Gasteiger partial charge in [-0.1, -0.05) is 40.5 Å². The number of fused-ring (bicyclic) bond motifs is 6. The topological polar surface area (TPSA) is 186 Å². The number of likely N-dealkylation sites (tertiary alicyclic amines) is 1. The molecule has 1 spiro atoms. The number of alkyl halides is 3. The molecule has 6 fully saturated rings. The molecule has 19 heteroatoms. The Morgan fingerprint density at radius 1 is 1.00 bits per heavy atom. The number of nitrogens with zero attached hydrogens (tertiary/aromatic N) is 6. The minimum Gasteiger partial charge on any atom is -0.464 e. The molecule has 6 bridgehead atoms. The number of nitrogens with one attached hydrogen (secondary N) is 3. The second-order valence-corrected chi connectivity index (χ2v) is 22.7. The minimum atomic E-state index is -4.57. The van der Waals surface area contributed by atoms with Crippen LogP contribution in [-0.4, -0.2) is 141 Å². The molecule has 4 saturated heterocycles. The highest BCUT2D eigenvalue weighted by Crippen LogP contribution is 2.44. The first kappa shape index (κ1) is 48.9. The summed E-state index contributed by atoms with van der Waals surface area (Å²) in [5, 5.41) is 8.51. The zero-order valence-electron chi connectivity index (χ0n) is 41.6. The molecule has 0 radical (unpaired) electrons. The largest absolute Gasteiger partial charge is 0.464 e. The molecular weight excluding hydrogens is 932 g/mol. The fraction of sp³-hybridized carbons (Fsp3) is 0.623. The molecule has 3 aromatic heterocycles. The Morgan fingerprint density at radius 3 is 2.54 bits per heavy atom. The monoisotopic (exact) mass is 998 g/mol. The van der Waals surface area contributed by atoms with Crippen molar-refractivity contribution in [3.8, 4) is 22.7 Å². The molecule has 5 aliphatic heterocycles. The van der Waals surface area contributed by atoms with Gasteiger partial charge >= 0.3 is 12.1 Å². The summed E-state index contributed by atoms with van der Waals surface area (Å²) in [5.41, 5.74) is 5.27. The number of hydrazine groups is 1. The average molecular weight is 998 g/mol. The summed E-state index contributed by atoms with van der Waals surface area (Å²) >= 11 is 0. The zero-order chi connectivity index (χ0) is 50.3. The fourth-order valence-electron chi connectivity index (χ4n) is 12.4. The molecule has 3 N–H and O–H groups in total. The zero-order valence-corrected chi connectivity index (χ0v) is 41.6. The van der Waals surface area contributed by atoms with E-state index >= 15 is 4.79 Å². The van der Waals surface area contributed by atoms with Crippen molar-refractivity contribution in [1.82, 2.24) is 45.4 Å². The summed E-state index contributed by atoms with van der Waals surface area (Å²) in [7, 11) is 0. The van der Waals surface area contributed by atoms with Gasteiger partial charge in [-0.25, -0.2) is 10.4 Å². The van der Waals surface area contributed by atoms with E-state index in [0.29, 0.717) is 96.2 Å². The van der Waals surface area contributed by atoms with E-state index in [-0.39, 0.29) is 67.6 Å². The number of morpholine rings is 1. The van der Waals surface area contributed by atoms with Gasteiger partial charge in [0.15, 0.2) is 0 Å². The van der Waals surface area contributed by atoms with Crippen molar-refractivity contribution in [2.75, 3.05) is 45.9 Å². The van der Waals surface area contributed by atoms with Crippen LogP contribution in [0, 0.1) is 17.3 Å². The summed E-state index contributed by atoms with van der Waals surface area (Å²) in [6.45, 7) is 9.05. The number of hydrogen-bond donors (Lipinski definition) is 3. The summed E-state index contributed by atoms with van der Waals surface area (Å²) in [6.07, 6.45) is 5.63. The van der Waals surface area contributed by atoms with Crippen LogP contribution >= 0.6 is 0 Å². The van der Waals surface area contributed by atoms with E-state index in [9.17, 15) is 27.6 Å². The SMILES string of the molecule is CC(C)c1ncccc1-c1c2c3cc(ccc3n1CC(F)(F)F)-c1nc(co1)C[C@H](NC(=O)[C@H](C1CCCC1)N1CCOC3(CN(C(=O)[C@@H]4N[C@@H]4C4CC4)C3)C1)C(=O)N1CCC[C@H](N1)C(=O)OCC(C)(C)C2. The molecule has 386 valence electrons. The molecule has 2 saturated carbocycles. The quantitative estimate of drug-likeness (QED) is 0.133. The van der Waals surface area contributed by atoms with E-state index in [0.717, 1.165) is 25.7 Å². The van der Waals surface area contributed by atoms with Crippen LogP contribution in [-0.2, 0) is 48.0 Å². The molecule has 72 heavy (non-hydrogen) atoms. The van der Waals surface area contributed by atoms with Gasteiger partial charge in [-0.3, -0.25) is 39.4 Å². The van der Waals surface area contributed by atoms with E-state index in [2.05, 4.69) is 25.9 Å². The molecule has 8 heterocycles. The van der Waals surface area contributed by atoms with Crippen LogP contribution in [0.3, 0.4) is 0 Å². The standard InChI is InChI=1S/C53H66F3N9O7/c1-30(2)41-35(11-7-17-57-41)45-37-23-51(3,4)29-71-50(69)38-12-8-18-65(61-38)48(67)39(22-34-24-70-47(58-34)33-15-16-40(36(37)21-33)64(45)28-53(54,55)56)59-46(66)44(32-9-5-6-10-32)62-19-20-72-52(25-62)26-63(27-52)49(68)43-42(60-43)31-13-14-31/h7,11,15-17,21,24,30-32,38-39,42-44,60-61H,5-6,8-10,12-14,18-20,22-23,25-29H2,1-4H3,(H,59,66)/t38-,39-,42+,43+,44-/m0/s1. The van der Waals surface area contributed by atoms with Crippen molar-refractivity contribution >= 4 is 34.6 Å². The number of carbonyl (C=O) groups excluding carboxylic acids is 4. The van der Waals surface area contributed by atoms with Crippen LogP contribution in [0.25, 0.3) is 33.6 Å². The third-order valence-electron chi connectivity index (χ3n) is 16.0. The van der Waals surface area contributed by atoms with Crippen LogP contribution in [0.15, 0.2) is 47.2 Å². The van der Waals surface area contributed by atoms with Gasteiger partial charge in [0.25, 0.3) is 5.91 Å². The lowest BCUT2D eigenvalue weighted by Gasteiger charge is -2.55. The number of oxazole rings is 1. The lowest BCUT2D eigenvalue weighted by molar-refractivity contribution is -0.197. The number of carbonyl (C=O) groups is 4. The summed E-state index contributed by atoms with van der Waals surface area (Å²) in [6, 6.07) is 6.29. The molecule has 5 atom stereocenters. The van der Waals surface area contributed by atoms with Gasteiger partial charge in [0.2, 0.25) is 17.7 Å². The molecule has 2 aliphatic carbocycles. The number of rotatable bonds is 9. The molecule has 4 aromatic rings. The Bertz CT molecular complexity index is 2740. The van der Waals surface area contributed by atoms with Crippen molar-refractivity contribution in [2.45, 2.75) is 146 Å². The Hall–Kier alpha value is -5.37. The Morgan fingerprint density at radius 2 is 1.79 bits per heavy atom. The van der Waals surface area contributed by atoms with Gasteiger partial charge in [-0.15, -0.1) is 0 Å².